The van der Waals surface area contributed by atoms with Crippen LogP contribution in [0.25, 0.3) is 5.69 Å². The predicted octanol–water partition coefficient (Wildman–Crippen LogP) is 2.39. The first-order valence-electron chi connectivity index (χ1n) is 7.13. The summed E-state index contributed by atoms with van der Waals surface area (Å²) < 4.78 is 1.66. The van der Waals surface area contributed by atoms with Crippen LogP contribution in [-0.4, -0.2) is 27.4 Å². The number of hydrogen-bond donors (Lipinski definition) is 2. The zero-order valence-electron chi connectivity index (χ0n) is 12.8. The number of carbonyl (C=O) groups is 1. The lowest BCUT2D eigenvalue weighted by molar-refractivity contribution is -0.125. The fourth-order valence-corrected chi connectivity index (χ4v) is 2.26. The van der Waals surface area contributed by atoms with Gasteiger partial charge < -0.3 is 11.1 Å². The van der Waals surface area contributed by atoms with Crippen LogP contribution in [0, 0.1) is 5.41 Å². The first-order valence-corrected chi connectivity index (χ1v) is 7.13. The van der Waals surface area contributed by atoms with E-state index in [1.807, 2.05) is 38.1 Å². The summed E-state index contributed by atoms with van der Waals surface area (Å²) in [6.07, 6.45) is 4.83. The summed E-state index contributed by atoms with van der Waals surface area (Å²) in [5.41, 5.74) is 6.94. The lowest BCUT2D eigenvalue weighted by Crippen LogP contribution is -2.41. The second-order valence-electron chi connectivity index (χ2n) is 5.04. The lowest BCUT2D eigenvalue weighted by atomic mass is 9.81. The summed E-state index contributed by atoms with van der Waals surface area (Å²) >= 11 is 0. The second kappa shape index (κ2) is 7.91. The van der Waals surface area contributed by atoms with Crippen molar-refractivity contribution >= 4 is 24.0 Å². The minimum Gasteiger partial charge on any atom is -0.329 e. The van der Waals surface area contributed by atoms with Crippen LogP contribution in [0.15, 0.2) is 36.7 Å². The molecule has 22 heavy (non-hydrogen) atoms. The molecule has 1 heterocycles. The highest BCUT2D eigenvalue weighted by atomic mass is 35.5. The third-order valence-electron chi connectivity index (χ3n) is 4.04. The van der Waals surface area contributed by atoms with Gasteiger partial charge in [0, 0.05) is 12.2 Å². The first-order chi connectivity index (χ1) is 10.1. The number of aromatic nitrogens is 3. The summed E-state index contributed by atoms with van der Waals surface area (Å²) in [7, 11) is 0. The van der Waals surface area contributed by atoms with Crippen molar-refractivity contribution in [2.75, 3.05) is 11.9 Å². The Bertz CT molecular complexity index is 570. The molecule has 1 aromatic heterocycles. The van der Waals surface area contributed by atoms with Gasteiger partial charge in [-0.25, -0.2) is 4.68 Å². The minimum atomic E-state index is -0.495. The van der Waals surface area contributed by atoms with Crippen LogP contribution < -0.4 is 11.1 Å². The van der Waals surface area contributed by atoms with Gasteiger partial charge in [0.1, 0.15) is 0 Å². The van der Waals surface area contributed by atoms with Crippen molar-refractivity contribution in [3.63, 3.8) is 0 Å². The lowest BCUT2D eigenvalue weighted by Gasteiger charge is -2.28. The van der Waals surface area contributed by atoms with Gasteiger partial charge in [-0.3, -0.25) is 4.79 Å². The molecule has 0 fully saturated rings. The van der Waals surface area contributed by atoms with E-state index >= 15 is 0 Å². The van der Waals surface area contributed by atoms with Gasteiger partial charge >= 0.3 is 0 Å². The molecule has 0 aliphatic heterocycles. The zero-order valence-corrected chi connectivity index (χ0v) is 13.6. The molecular formula is C15H22ClN5O. The summed E-state index contributed by atoms with van der Waals surface area (Å²) in [6.45, 7) is 4.33. The molecule has 0 aliphatic carbocycles. The number of benzene rings is 1. The Morgan fingerprint density at radius 2 is 1.91 bits per heavy atom. The van der Waals surface area contributed by atoms with Crippen molar-refractivity contribution in [1.29, 1.82) is 0 Å². The van der Waals surface area contributed by atoms with Crippen LogP contribution in [0.1, 0.15) is 26.7 Å². The van der Waals surface area contributed by atoms with Crippen molar-refractivity contribution in [2.24, 2.45) is 11.1 Å². The van der Waals surface area contributed by atoms with Gasteiger partial charge in [0.05, 0.1) is 23.5 Å². The van der Waals surface area contributed by atoms with Gasteiger partial charge in [0.2, 0.25) is 5.91 Å². The number of amides is 1. The van der Waals surface area contributed by atoms with E-state index in [0.29, 0.717) is 6.54 Å². The summed E-state index contributed by atoms with van der Waals surface area (Å²) in [4.78, 5) is 12.4. The number of nitrogens with two attached hydrogens (primary N) is 1. The molecular weight excluding hydrogens is 302 g/mol. The standard InChI is InChI=1S/C15H21N5O.ClH/c1-3-15(4-2,11-16)14(21)18-12-5-7-13(8-6-12)20-10-9-17-19-20;/h5-10H,3-4,11,16H2,1-2H3,(H,18,21);1H. The van der Waals surface area contributed by atoms with E-state index in [1.165, 1.54) is 0 Å². The smallest absolute Gasteiger partial charge is 0.231 e. The minimum absolute atomic E-state index is 0. The fourth-order valence-electron chi connectivity index (χ4n) is 2.26. The normalized spacial score (nSPS) is 10.9. The molecule has 2 aromatic rings. The Hall–Kier alpha value is -1.92. The highest BCUT2D eigenvalue weighted by Gasteiger charge is 2.33. The number of nitrogens with zero attached hydrogens (tertiary/aromatic N) is 3. The molecule has 0 radical (unpaired) electrons. The Balaban J connectivity index is 0.00000242. The Morgan fingerprint density at radius 3 is 2.36 bits per heavy atom. The summed E-state index contributed by atoms with van der Waals surface area (Å²) in [5, 5.41) is 10.6. The molecule has 2 rings (SSSR count). The van der Waals surface area contributed by atoms with Crippen LogP contribution >= 0.6 is 12.4 Å². The van der Waals surface area contributed by atoms with Gasteiger partial charge in [-0.05, 0) is 37.1 Å². The number of halogens is 1. The monoisotopic (exact) mass is 323 g/mol. The van der Waals surface area contributed by atoms with Crippen LogP contribution in [0.4, 0.5) is 5.69 Å². The van der Waals surface area contributed by atoms with E-state index in [2.05, 4.69) is 15.6 Å². The molecule has 0 atom stereocenters. The van der Waals surface area contributed by atoms with Crippen molar-refractivity contribution in [2.45, 2.75) is 26.7 Å². The van der Waals surface area contributed by atoms with Gasteiger partial charge in [-0.1, -0.05) is 19.1 Å². The van der Waals surface area contributed by atoms with Crippen LogP contribution in [0.3, 0.4) is 0 Å². The number of carbonyl (C=O) groups excluding carboxylic acids is 1. The molecule has 7 heteroatoms. The van der Waals surface area contributed by atoms with E-state index in [-0.39, 0.29) is 18.3 Å². The summed E-state index contributed by atoms with van der Waals surface area (Å²) in [5.74, 6) is -0.0245. The number of hydrogen-bond acceptors (Lipinski definition) is 4. The SMILES string of the molecule is CCC(CC)(CN)C(=O)Nc1ccc(-n2ccnn2)cc1.Cl. The molecule has 120 valence electrons. The maximum absolute atomic E-state index is 12.4. The third kappa shape index (κ3) is 3.64. The third-order valence-corrected chi connectivity index (χ3v) is 4.04. The van der Waals surface area contributed by atoms with Crippen molar-refractivity contribution in [3.8, 4) is 5.69 Å². The Kier molecular flexibility index (Phi) is 6.52. The quantitative estimate of drug-likeness (QED) is 0.854. The molecule has 0 bridgehead atoms. The largest absolute Gasteiger partial charge is 0.329 e. The maximum Gasteiger partial charge on any atom is 0.231 e. The molecule has 0 aliphatic rings. The van der Waals surface area contributed by atoms with Gasteiger partial charge in [-0.2, -0.15) is 0 Å². The van der Waals surface area contributed by atoms with Gasteiger partial charge in [0.15, 0.2) is 0 Å². The highest BCUT2D eigenvalue weighted by molar-refractivity contribution is 5.95. The molecule has 0 unspecified atom stereocenters. The molecule has 1 amide bonds. The van der Waals surface area contributed by atoms with Crippen LogP contribution in [-0.2, 0) is 4.79 Å². The average Bonchev–Trinajstić information content (AvgIpc) is 3.05. The summed E-state index contributed by atoms with van der Waals surface area (Å²) in [6, 6.07) is 7.46. The zero-order chi connectivity index (χ0) is 15.3. The topological polar surface area (TPSA) is 85.8 Å². The first kappa shape index (κ1) is 18.1. The van der Waals surface area contributed by atoms with Crippen LogP contribution in [0.2, 0.25) is 0 Å². The van der Waals surface area contributed by atoms with Crippen molar-refractivity contribution in [3.05, 3.63) is 36.7 Å². The average molecular weight is 324 g/mol. The molecule has 6 nitrogen and oxygen atoms in total. The molecule has 0 saturated heterocycles. The molecule has 1 aromatic carbocycles. The predicted molar refractivity (Wildman–Crippen MR) is 89.3 cm³/mol. The fraction of sp³-hybridized carbons (Fsp3) is 0.400. The number of rotatable bonds is 6. The van der Waals surface area contributed by atoms with E-state index < -0.39 is 5.41 Å². The van der Waals surface area contributed by atoms with E-state index in [1.54, 1.807) is 17.1 Å². The Labute approximate surface area is 136 Å². The number of nitrogens with one attached hydrogen (secondary N) is 1. The number of anilines is 1. The maximum atomic E-state index is 12.4. The molecule has 0 spiro atoms. The molecule has 3 N–H and O–H groups in total. The second-order valence-corrected chi connectivity index (χ2v) is 5.04. The van der Waals surface area contributed by atoms with Gasteiger partial charge in [-0.15, -0.1) is 17.5 Å². The molecule has 0 saturated carbocycles. The highest BCUT2D eigenvalue weighted by Crippen LogP contribution is 2.27. The van der Waals surface area contributed by atoms with Gasteiger partial charge in [0.25, 0.3) is 0 Å². The van der Waals surface area contributed by atoms with E-state index in [4.69, 9.17) is 5.73 Å². The van der Waals surface area contributed by atoms with E-state index in [0.717, 1.165) is 24.2 Å². The Morgan fingerprint density at radius 1 is 1.27 bits per heavy atom. The van der Waals surface area contributed by atoms with Crippen molar-refractivity contribution < 1.29 is 4.79 Å². The van der Waals surface area contributed by atoms with Crippen molar-refractivity contribution in [1.82, 2.24) is 15.0 Å². The van der Waals surface area contributed by atoms with Crippen LogP contribution in [0.5, 0.6) is 0 Å². The van der Waals surface area contributed by atoms with E-state index in [9.17, 15) is 4.79 Å².